The Hall–Kier alpha value is -2.31. The Morgan fingerprint density at radius 3 is 2.52 bits per heavy atom. The summed E-state index contributed by atoms with van der Waals surface area (Å²) in [6.45, 7) is 0. The second-order valence-electron chi connectivity index (χ2n) is 3.91. The molecule has 6 nitrogen and oxygen atoms in total. The van der Waals surface area contributed by atoms with Crippen molar-refractivity contribution >= 4 is 46.6 Å². The molecule has 108 valence electrons. The summed E-state index contributed by atoms with van der Waals surface area (Å²) in [5.41, 5.74) is 0.118. The molecule has 0 bridgehead atoms. The number of urea groups is 1. The molecule has 0 atom stereocenters. The van der Waals surface area contributed by atoms with E-state index in [9.17, 15) is 9.59 Å². The Balaban J connectivity index is 2.16. The van der Waals surface area contributed by atoms with Crippen molar-refractivity contribution < 1.29 is 14.7 Å². The highest BCUT2D eigenvalue weighted by Gasteiger charge is 2.14. The lowest BCUT2D eigenvalue weighted by atomic mass is 10.3. The highest BCUT2D eigenvalue weighted by molar-refractivity contribution is 6.35. The number of aromatic carboxylic acids is 1. The number of amides is 2. The third kappa shape index (κ3) is 3.84. The molecule has 2 rings (SSSR count). The van der Waals surface area contributed by atoms with Gasteiger partial charge in [-0.05, 0) is 30.3 Å². The molecular weight excluding hydrogens is 317 g/mol. The van der Waals surface area contributed by atoms with Crippen LogP contribution in [-0.4, -0.2) is 22.1 Å². The molecule has 1 aromatic heterocycles. The summed E-state index contributed by atoms with van der Waals surface area (Å²) >= 11 is 11.7. The SMILES string of the molecule is O=C(Nc1cc(Cl)ccc1Cl)Nc1cccnc1C(=O)O. The van der Waals surface area contributed by atoms with Crippen LogP contribution < -0.4 is 10.6 Å². The van der Waals surface area contributed by atoms with Gasteiger partial charge in [-0.15, -0.1) is 0 Å². The quantitative estimate of drug-likeness (QED) is 0.801. The van der Waals surface area contributed by atoms with E-state index in [0.717, 1.165) is 0 Å². The van der Waals surface area contributed by atoms with Crippen LogP contribution in [-0.2, 0) is 0 Å². The number of pyridine rings is 1. The van der Waals surface area contributed by atoms with Crippen LogP contribution in [0.4, 0.5) is 16.2 Å². The summed E-state index contributed by atoms with van der Waals surface area (Å²) in [4.78, 5) is 26.5. The lowest BCUT2D eigenvalue weighted by Crippen LogP contribution is -2.21. The predicted octanol–water partition coefficient (Wildman–Crippen LogP) is 3.73. The minimum atomic E-state index is -1.24. The normalized spacial score (nSPS) is 10.0. The van der Waals surface area contributed by atoms with Crippen LogP contribution in [0.15, 0.2) is 36.5 Å². The van der Waals surface area contributed by atoms with E-state index in [1.54, 1.807) is 6.07 Å². The van der Waals surface area contributed by atoms with E-state index in [2.05, 4.69) is 15.6 Å². The van der Waals surface area contributed by atoms with Crippen LogP contribution in [0.2, 0.25) is 10.0 Å². The van der Waals surface area contributed by atoms with Gasteiger partial charge < -0.3 is 15.7 Å². The van der Waals surface area contributed by atoms with Gasteiger partial charge in [-0.3, -0.25) is 0 Å². The molecule has 0 saturated heterocycles. The number of benzene rings is 1. The van der Waals surface area contributed by atoms with E-state index >= 15 is 0 Å². The number of carboxylic acids is 1. The third-order valence-electron chi connectivity index (χ3n) is 2.44. The number of halogens is 2. The van der Waals surface area contributed by atoms with Gasteiger partial charge in [0, 0.05) is 11.2 Å². The van der Waals surface area contributed by atoms with Crippen LogP contribution >= 0.6 is 23.2 Å². The Morgan fingerprint density at radius 1 is 1.10 bits per heavy atom. The molecule has 0 fully saturated rings. The summed E-state index contributed by atoms with van der Waals surface area (Å²) in [6, 6.07) is 6.87. The molecule has 0 spiro atoms. The maximum absolute atomic E-state index is 11.9. The van der Waals surface area contributed by atoms with Gasteiger partial charge in [0.15, 0.2) is 5.69 Å². The first-order valence-electron chi connectivity index (χ1n) is 5.69. The molecule has 0 unspecified atom stereocenters. The van der Waals surface area contributed by atoms with Gasteiger partial charge in [0.05, 0.1) is 16.4 Å². The minimum absolute atomic E-state index is 0.0700. The zero-order valence-electron chi connectivity index (χ0n) is 10.4. The Bertz CT molecular complexity index is 707. The molecule has 0 aliphatic heterocycles. The lowest BCUT2D eigenvalue weighted by molar-refractivity contribution is 0.0692. The standard InChI is InChI=1S/C13H9Cl2N3O3/c14-7-3-4-8(15)10(6-7)18-13(21)17-9-2-1-5-16-11(9)12(19)20/h1-6H,(H,19,20)(H2,17,18,21). The van der Waals surface area contributed by atoms with Crippen LogP contribution in [0, 0.1) is 0 Å². The number of anilines is 2. The number of nitrogens with zero attached hydrogens (tertiary/aromatic N) is 1. The zero-order chi connectivity index (χ0) is 15.4. The van der Waals surface area contributed by atoms with Gasteiger partial charge in [0.1, 0.15) is 0 Å². The Kier molecular flexibility index (Phi) is 4.62. The summed E-state index contributed by atoms with van der Waals surface area (Å²) in [5.74, 6) is -1.24. The van der Waals surface area contributed by atoms with E-state index in [4.69, 9.17) is 28.3 Å². The molecular formula is C13H9Cl2N3O3. The summed E-state index contributed by atoms with van der Waals surface area (Å²) in [6.07, 6.45) is 1.32. The maximum Gasteiger partial charge on any atom is 0.356 e. The first kappa shape index (κ1) is 15.1. The molecule has 2 amide bonds. The van der Waals surface area contributed by atoms with Gasteiger partial charge in [0.25, 0.3) is 0 Å². The highest BCUT2D eigenvalue weighted by Crippen LogP contribution is 2.25. The molecule has 21 heavy (non-hydrogen) atoms. The van der Waals surface area contributed by atoms with E-state index in [1.165, 1.54) is 30.5 Å². The molecule has 1 aromatic carbocycles. The fraction of sp³-hybridized carbons (Fsp3) is 0. The van der Waals surface area contributed by atoms with Crippen molar-refractivity contribution in [2.45, 2.75) is 0 Å². The summed E-state index contributed by atoms with van der Waals surface area (Å²) in [7, 11) is 0. The molecule has 2 aromatic rings. The van der Waals surface area contributed by atoms with Crippen LogP contribution in [0.5, 0.6) is 0 Å². The van der Waals surface area contributed by atoms with Gasteiger partial charge in [-0.2, -0.15) is 0 Å². The highest BCUT2D eigenvalue weighted by atomic mass is 35.5. The minimum Gasteiger partial charge on any atom is -0.476 e. The molecule has 3 N–H and O–H groups in total. The zero-order valence-corrected chi connectivity index (χ0v) is 11.9. The number of rotatable bonds is 3. The predicted molar refractivity (Wildman–Crippen MR) is 80.3 cm³/mol. The number of hydrogen-bond donors (Lipinski definition) is 3. The maximum atomic E-state index is 11.9. The summed E-state index contributed by atoms with van der Waals surface area (Å²) < 4.78 is 0. The monoisotopic (exact) mass is 325 g/mol. The van der Waals surface area contributed by atoms with E-state index < -0.39 is 12.0 Å². The van der Waals surface area contributed by atoms with Crippen molar-refractivity contribution in [3.05, 3.63) is 52.3 Å². The second-order valence-corrected chi connectivity index (χ2v) is 4.75. The average molecular weight is 326 g/mol. The molecule has 0 aliphatic rings. The largest absolute Gasteiger partial charge is 0.476 e. The summed E-state index contributed by atoms with van der Waals surface area (Å²) in [5, 5.41) is 14.6. The Morgan fingerprint density at radius 2 is 1.81 bits per heavy atom. The molecule has 0 saturated carbocycles. The second kappa shape index (κ2) is 6.43. The van der Waals surface area contributed by atoms with Gasteiger partial charge >= 0.3 is 12.0 Å². The number of aromatic nitrogens is 1. The van der Waals surface area contributed by atoms with E-state index in [1.807, 2.05) is 0 Å². The molecule has 0 aliphatic carbocycles. The van der Waals surface area contributed by atoms with Crippen molar-refractivity contribution in [1.29, 1.82) is 0 Å². The third-order valence-corrected chi connectivity index (χ3v) is 3.00. The number of nitrogens with one attached hydrogen (secondary N) is 2. The van der Waals surface area contributed by atoms with Crippen molar-refractivity contribution in [3.8, 4) is 0 Å². The average Bonchev–Trinajstić information content (AvgIpc) is 2.43. The first-order valence-corrected chi connectivity index (χ1v) is 6.44. The smallest absolute Gasteiger partial charge is 0.356 e. The van der Waals surface area contributed by atoms with Crippen molar-refractivity contribution in [1.82, 2.24) is 4.98 Å². The van der Waals surface area contributed by atoms with Gasteiger partial charge in [-0.25, -0.2) is 14.6 Å². The van der Waals surface area contributed by atoms with Gasteiger partial charge in [0.2, 0.25) is 0 Å². The van der Waals surface area contributed by atoms with Crippen LogP contribution in [0.3, 0.4) is 0 Å². The molecule has 1 heterocycles. The van der Waals surface area contributed by atoms with E-state index in [-0.39, 0.29) is 11.4 Å². The van der Waals surface area contributed by atoms with Gasteiger partial charge in [-0.1, -0.05) is 23.2 Å². The van der Waals surface area contributed by atoms with Crippen molar-refractivity contribution in [2.75, 3.05) is 10.6 Å². The number of carbonyl (C=O) groups excluding carboxylic acids is 1. The first-order chi connectivity index (χ1) is 9.97. The molecule has 0 radical (unpaired) electrons. The lowest BCUT2D eigenvalue weighted by Gasteiger charge is -2.10. The number of hydrogen-bond acceptors (Lipinski definition) is 3. The fourth-order valence-corrected chi connectivity index (χ4v) is 1.88. The van der Waals surface area contributed by atoms with Crippen molar-refractivity contribution in [3.63, 3.8) is 0 Å². The van der Waals surface area contributed by atoms with Crippen LogP contribution in [0.1, 0.15) is 10.5 Å². The Labute approximate surface area is 129 Å². The molecule has 8 heteroatoms. The number of carbonyl (C=O) groups is 2. The van der Waals surface area contributed by atoms with E-state index in [0.29, 0.717) is 15.7 Å². The fourth-order valence-electron chi connectivity index (χ4n) is 1.55. The number of carboxylic acid groups (broad SMARTS) is 1. The topological polar surface area (TPSA) is 91.3 Å². The van der Waals surface area contributed by atoms with Crippen molar-refractivity contribution in [2.24, 2.45) is 0 Å². The van der Waals surface area contributed by atoms with Crippen LogP contribution in [0.25, 0.3) is 0 Å².